The van der Waals surface area contributed by atoms with Crippen LogP contribution in [0.2, 0.25) is 0 Å². The molecule has 0 radical (unpaired) electrons. The maximum atomic E-state index is 11.6. The summed E-state index contributed by atoms with van der Waals surface area (Å²) in [5.41, 5.74) is 0.374. The number of hydrogen-bond donors (Lipinski definition) is 1. The predicted octanol–water partition coefficient (Wildman–Crippen LogP) is 3.75. The Balaban J connectivity index is 2.65. The van der Waals surface area contributed by atoms with Gasteiger partial charge in [0.15, 0.2) is 0 Å². The van der Waals surface area contributed by atoms with E-state index in [1.807, 2.05) is 27.7 Å². The van der Waals surface area contributed by atoms with Crippen LogP contribution < -0.4 is 5.32 Å². The van der Waals surface area contributed by atoms with Gasteiger partial charge in [0, 0.05) is 0 Å². The van der Waals surface area contributed by atoms with Crippen molar-refractivity contribution in [3.8, 4) is 0 Å². The molecule has 1 aromatic heterocycles. The molecule has 0 unspecified atom stereocenters. The van der Waals surface area contributed by atoms with E-state index in [0.717, 1.165) is 28.5 Å². The van der Waals surface area contributed by atoms with Gasteiger partial charge in [0.2, 0.25) is 0 Å². The van der Waals surface area contributed by atoms with Crippen molar-refractivity contribution in [1.29, 1.82) is 0 Å². The van der Waals surface area contributed by atoms with Crippen LogP contribution in [0.3, 0.4) is 0 Å². The molecule has 0 atom stereocenters. The second-order valence-corrected chi connectivity index (χ2v) is 5.98. The number of amides is 1. The number of nitrogens with one attached hydrogen (secondary N) is 1. The highest BCUT2D eigenvalue weighted by Gasteiger charge is 2.18. The van der Waals surface area contributed by atoms with Gasteiger partial charge < -0.3 is 4.74 Å². The summed E-state index contributed by atoms with van der Waals surface area (Å²) in [4.78, 5) is 16.0. The fourth-order valence-electron chi connectivity index (χ4n) is 1.29. The number of ether oxygens (including phenoxy) is 1. The van der Waals surface area contributed by atoms with Crippen LogP contribution in [0.4, 0.5) is 9.80 Å². The average molecular weight is 256 g/mol. The first-order valence-electron chi connectivity index (χ1n) is 5.78. The minimum absolute atomic E-state index is 0.424. The van der Waals surface area contributed by atoms with Gasteiger partial charge in [0.05, 0.1) is 10.7 Å². The third kappa shape index (κ3) is 4.73. The Kier molecular flexibility index (Phi) is 4.51. The van der Waals surface area contributed by atoms with E-state index in [2.05, 4.69) is 17.2 Å². The number of hydrogen-bond acceptors (Lipinski definition) is 4. The minimum atomic E-state index is -0.477. The summed E-state index contributed by atoms with van der Waals surface area (Å²) in [6.45, 7) is 9.53. The van der Waals surface area contributed by atoms with Gasteiger partial charge in [-0.3, -0.25) is 5.32 Å². The topological polar surface area (TPSA) is 51.2 Å². The number of thiazole rings is 1. The standard InChI is InChI=1S/C12H20N2O2S/c1-6-7-9-13-8(2)10(17-9)14-11(15)16-12(3,4)5/h6-7H2,1-5H3,(H,14,15). The number of anilines is 1. The molecule has 0 aliphatic carbocycles. The zero-order valence-electron chi connectivity index (χ0n) is 11.1. The van der Waals surface area contributed by atoms with Crippen LogP contribution in [0.5, 0.6) is 0 Å². The van der Waals surface area contributed by atoms with Crippen molar-refractivity contribution < 1.29 is 9.53 Å². The van der Waals surface area contributed by atoms with Gasteiger partial charge >= 0.3 is 6.09 Å². The van der Waals surface area contributed by atoms with Crippen molar-refractivity contribution in [3.05, 3.63) is 10.7 Å². The SMILES string of the molecule is CCCc1nc(C)c(NC(=O)OC(C)(C)C)s1. The van der Waals surface area contributed by atoms with Crippen LogP contribution in [-0.2, 0) is 11.2 Å². The molecule has 0 bridgehead atoms. The largest absolute Gasteiger partial charge is 0.444 e. The molecule has 96 valence electrons. The zero-order chi connectivity index (χ0) is 13.1. The quantitative estimate of drug-likeness (QED) is 0.896. The Morgan fingerprint density at radius 3 is 2.65 bits per heavy atom. The Morgan fingerprint density at radius 1 is 1.47 bits per heavy atom. The monoisotopic (exact) mass is 256 g/mol. The van der Waals surface area contributed by atoms with Gasteiger partial charge in [-0.05, 0) is 40.5 Å². The second kappa shape index (κ2) is 5.49. The first-order chi connectivity index (χ1) is 7.81. The Hall–Kier alpha value is -1.10. The van der Waals surface area contributed by atoms with E-state index in [-0.39, 0.29) is 0 Å². The number of carbonyl (C=O) groups is 1. The summed E-state index contributed by atoms with van der Waals surface area (Å²) in [6.07, 6.45) is 1.58. The van der Waals surface area contributed by atoms with Crippen molar-refractivity contribution in [2.75, 3.05) is 5.32 Å². The van der Waals surface area contributed by atoms with Crippen molar-refractivity contribution in [2.45, 2.75) is 53.1 Å². The van der Waals surface area contributed by atoms with E-state index < -0.39 is 11.7 Å². The molecule has 0 spiro atoms. The van der Waals surface area contributed by atoms with Crippen LogP contribution >= 0.6 is 11.3 Å². The molecule has 0 aliphatic heterocycles. The molecule has 0 aliphatic rings. The van der Waals surface area contributed by atoms with Crippen LogP contribution in [0.25, 0.3) is 0 Å². The number of aryl methyl sites for hydroxylation is 2. The maximum Gasteiger partial charge on any atom is 0.412 e. The van der Waals surface area contributed by atoms with E-state index in [0.29, 0.717) is 0 Å². The van der Waals surface area contributed by atoms with Crippen molar-refractivity contribution in [3.63, 3.8) is 0 Å². The lowest BCUT2D eigenvalue weighted by Crippen LogP contribution is -2.27. The number of nitrogens with zero attached hydrogens (tertiary/aromatic N) is 1. The lowest BCUT2D eigenvalue weighted by atomic mass is 10.2. The molecule has 4 nitrogen and oxygen atoms in total. The summed E-state index contributed by atoms with van der Waals surface area (Å²) in [7, 11) is 0. The van der Waals surface area contributed by atoms with Gasteiger partial charge in [-0.25, -0.2) is 9.78 Å². The van der Waals surface area contributed by atoms with E-state index in [9.17, 15) is 4.79 Å². The van der Waals surface area contributed by atoms with Crippen LogP contribution in [0, 0.1) is 6.92 Å². The highest BCUT2D eigenvalue weighted by atomic mass is 32.1. The van der Waals surface area contributed by atoms with Crippen LogP contribution in [-0.4, -0.2) is 16.7 Å². The molecular formula is C12H20N2O2S. The van der Waals surface area contributed by atoms with Crippen LogP contribution in [0.1, 0.15) is 44.8 Å². The summed E-state index contributed by atoms with van der Waals surface area (Å²) in [6, 6.07) is 0. The first-order valence-corrected chi connectivity index (χ1v) is 6.59. The Labute approximate surface area is 106 Å². The average Bonchev–Trinajstić information content (AvgIpc) is 2.44. The summed E-state index contributed by atoms with van der Waals surface area (Å²) in [5.74, 6) is 0. The highest BCUT2D eigenvalue weighted by Crippen LogP contribution is 2.25. The summed E-state index contributed by atoms with van der Waals surface area (Å²) >= 11 is 1.52. The molecule has 1 heterocycles. The zero-order valence-corrected chi connectivity index (χ0v) is 11.9. The number of aromatic nitrogens is 1. The van der Waals surface area contributed by atoms with Crippen molar-refractivity contribution in [1.82, 2.24) is 4.98 Å². The van der Waals surface area contributed by atoms with Gasteiger partial charge in [-0.15, -0.1) is 11.3 Å². The van der Waals surface area contributed by atoms with Crippen molar-refractivity contribution >= 4 is 22.4 Å². The highest BCUT2D eigenvalue weighted by molar-refractivity contribution is 7.16. The number of rotatable bonds is 3. The van der Waals surface area contributed by atoms with E-state index in [1.165, 1.54) is 11.3 Å². The molecule has 1 rings (SSSR count). The third-order valence-corrected chi connectivity index (χ3v) is 3.05. The normalized spacial score (nSPS) is 11.4. The fraction of sp³-hybridized carbons (Fsp3) is 0.667. The smallest absolute Gasteiger partial charge is 0.412 e. The van der Waals surface area contributed by atoms with Gasteiger partial charge in [-0.1, -0.05) is 6.92 Å². The lowest BCUT2D eigenvalue weighted by Gasteiger charge is -2.19. The third-order valence-electron chi connectivity index (χ3n) is 1.92. The van der Waals surface area contributed by atoms with E-state index in [1.54, 1.807) is 0 Å². The molecule has 5 heteroatoms. The van der Waals surface area contributed by atoms with Crippen molar-refractivity contribution in [2.24, 2.45) is 0 Å². The first kappa shape index (κ1) is 14.0. The van der Waals surface area contributed by atoms with Gasteiger partial charge in [0.1, 0.15) is 10.6 Å². The molecule has 0 saturated carbocycles. The minimum Gasteiger partial charge on any atom is -0.444 e. The molecule has 1 N–H and O–H groups in total. The second-order valence-electron chi connectivity index (χ2n) is 4.90. The molecule has 1 amide bonds. The summed E-state index contributed by atoms with van der Waals surface area (Å²) < 4.78 is 5.19. The Morgan fingerprint density at radius 2 is 2.12 bits per heavy atom. The Bertz CT molecular complexity index is 394. The van der Waals surface area contributed by atoms with E-state index in [4.69, 9.17) is 4.74 Å². The van der Waals surface area contributed by atoms with Gasteiger partial charge in [0.25, 0.3) is 0 Å². The molecule has 0 fully saturated rings. The predicted molar refractivity (Wildman–Crippen MR) is 70.7 cm³/mol. The molecule has 1 aromatic rings. The molecule has 0 aromatic carbocycles. The molecular weight excluding hydrogens is 236 g/mol. The fourth-order valence-corrected chi connectivity index (χ4v) is 2.34. The van der Waals surface area contributed by atoms with Gasteiger partial charge in [-0.2, -0.15) is 0 Å². The van der Waals surface area contributed by atoms with Crippen LogP contribution in [0.15, 0.2) is 0 Å². The molecule has 17 heavy (non-hydrogen) atoms. The van der Waals surface area contributed by atoms with E-state index >= 15 is 0 Å². The summed E-state index contributed by atoms with van der Waals surface area (Å²) in [5, 5.41) is 4.57. The number of carbonyl (C=O) groups excluding carboxylic acids is 1. The lowest BCUT2D eigenvalue weighted by molar-refractivity contribution is 0.0636. The molecule has 0 saturated heterocycles. The maximum absolute atomic E-state index is 11.6.